The van der Waals surface area contributed by atoms with Gasteiger partial charge in [-0.3, -0.25) is 4.79 Å². The summed E-state index contributed by atoms with van der Waals surface area (Å²) in [5, 5.41) is 18.7. The fourth-order valence-corrected chi connectivity index (χ4v) is 1.40. The summed E-state index contributed by atoms with van der Waals surface area (Å²) in [5.41, 5.74) is -1.14. The Morgan fingerprint density at radius 2 is 1.77 bits per heavy atom. The van der Waals surface area contributed by atoms with E-state index in [0.717, 1.165) is 0 Å². The van der Waals surface area contributed by atoms with Crippen molar-refractivity contribution in [1.29, 1.82) is 0 Å². The highest BCUT2D eigenvalue weighted by atomic mass is 16.4. The zero-order chi connectivity index (χ0) is 10.7. The minimum absolute atomic E-state index is 0.0294. The van der Waals surface area contributed by atoms with Crippen molar-refractivity contribution in [3.8, 4) is 0 Å². The van der Waals surface area contributed by atoms with Crippen molar-refractivity contribution in [2.45, 2.75) is 52.6 Å². The van der Waals surface area contributed by atoms with Gasteiger partial charge in [0.2, 0.25) is 0 Å². The molecule has 0 aliphatic rings. The standard InChI is InChI=1S/C10H20O3/c1-5-10(13,9(2,3)4)7-6-8(11)12/h13H,5-7H2,1-4H3,(H,11,12). The van der Waals surface area contributed by atoms with Crippen molar-refractivity contribution >= 4 is 5.97 Å². The van der Waals surface area contributed by atoms with E-state index in [0.29, 0.717) is 12.8 Å². The zero-order valence-corrected chi connectivity index (χ0v) is 8.92. The second kappa shape index (κ2) is 4.09. The van der Waals surface area contributed by atoms with E-state index < -0.39 is 11.6 Å². The van der Waals surface area contributed by atoms with Crippen molar-refractivity contribution in [2.75, 3.05) is 0 Å². The maximum atomic E-state index is 10.4. The summed E-state index contributed by atoms with van der Waals surface area (Å²) in [4.78, 5) is 10.4. The van der Waals surface area contributed by atoms with Crippen molar-refractivity contribution in [3.05, 3.63) is 0 Å². The maximum absolute atomic E-state index is 10.4. The molecule has 0 amide bonds. The third-order valence-electron chi connectivity index (χ3n) is 2.73. The fourth-order valence-electron chi connectivity index (χ4n) is 1.40. The van der Waals surface area contributed by atoms with Crippen molar-refractivity contribution in [1.82, 2.24) is 0 Å². The van der Waals surface area contributed by atoms with Crippen molar-refractivity contribution < 1.29 is 15.0 Å². The van der Waals surface area contributed by atoms with E-state index in [9.17, 15) is 9.90 Å². The molecule has 0 heterocycles. The Kier molecular flexibility index (Phi) is 3.91. The van der Waals surface area contributed by atoms with Crippen LogP contribution >= 0.6 is 0 Å². The van der Waals surface area contributed by atoms with Crippen LogP contribution in [0.3, 0.4) is 0 Å². The van der Waals surface area contributed by atoms with E-state index in [1.807, 2.05) is 27.7 Å². The van der Waals surface area contributed by atoms with E-state index in [1.165, 1.54) is 0 Å². The number of hydrogen-bond acceptors (Lipinski definition) is 2. The van der Waals surface area contributed by atoms with Gasteiger partial charge in [-0.05, 0) is 18.3 Å². The first-order chi connectivity index (χ1) is 5.73. The molecular formula is C10H20O3. The average molecular weight is 188 g/mol. The highest BCUT2D eigenvalue weighted by Gasteiger charge is 2.38. The number of hydrogen-bond donors (Lipinski definition) is 2. The number of rotatable bonds is 4. The number of carbonyl (C=O) groups is 1. The molecule has 0 aliphatic carbocycles. The Morgan fingerprint density at radius 1 is 1.31 bits per heavy atom. The Labute approximate surface area is 79.8 Å². The summed E-state index contributed by atoms with van der Waals surface area (Å²) in [5.74, 6) is -0.851. The second-order valence-electron chi connectivity index (χ2n) is 4.53. The molecule has 13 heavy (non-hydrogen) atoms. The fraction of sp³-hybridized carbons (Fsp3) is 0.900. The van der Waals surface area contributed by atoms with Gasteiger partial charge in [0.25, 0.3) is 0 Å². The molecule has 0 bridgehead atoms. The van der Waals surface area contributed by atoms with Crippen molar-refractivity contribution in [3.63, 3.8) is 0 Å². The lowest BCUT2D eigenvalue weighted by molar-refractivity contribution is -0.140. The number of carboxylic acids is 1. The van der Waals surface area contributed by atoms with Crippen LogP contribution in [0.2, 0.25) is 0 Å². The van der Waals surface area contributed by atoms with E-state index in [2.05, 4.69) is 0 Å². The molecule has 0 saturated heterocycles. The molecule has 2 N–H and O–H groups in total. The maximum Gasteiger partial charge on any atom is 0.303 e. The van der Waals surface area contributed by atoms with E-state index >= 15 is 0 Å². The number of aliphatic hydroxyl groups is 1. The lowest BCUT2D eigenvalue weighted by Crippen LogP contribution is -2.42. The molecule has 0 aliphatic heterocycles. The zero-order valence-electron chi connectivity index (χ0n) is 8.92. The van der Waals surface area contributed by atoms with Crippen LogP contribution in [0.25, 0.3) is 0 Å². The predicted octanol–water partition coefficient (Wildman–Crippen LogP) is 2.04. The molecule has 3 nitrogen and oxygen atoms in total. The van der Waals surface area contributed by atoms with Gasteiger partial charge < -0.3 is 10.2 Å². The summed E-state index contributed by atoms with van der Waals surface area (Å²) < 4.78 is 0. The quantitative estimate of drug-likeness (QED) is 0.709. The third kappa shape index (κ3) is 3.35. The van der Waals surface area contributed by atoms with Gasteiger partial charge in [0.1, 0.15) is 0 Å². The van der Waals surface area contributed by atoms with Crippen LogP contribution in [0.15, 0.2) is 0 Å². The average Bonchev–Trinajstić information content (AvgIpc) is 1.98. The van der Waals surface area contributed by atoms with Crippen LogP contribution in [-0.2, 0) is 4.79 Å². The molecule has 0 saturated carbocycles. The summed E-state index contributed by atoms with van der Waals surface area (Å²) in [6, 6.07) is 0. The SMILES string of the molecule is CCC(O)(CCC(=O)O)C(C)(C)C. The lowest BCUT2D eigenvalue weighted by Gasteiger charge is -2.39. The first kappa shape index (κ1) is 12.4. The minimum Gasteiger partial charge on any atom is -0.481 e. The highest BCUT2D eigenvalue weighted by Crippen LogP contribution is 2.36. The van der Waals surface area contributed by atoms with Gasteiger partial charge in [0.15, 0.2) is 0 Å². The summed E-state index contributed by atoms with van der Waals surface area (Å²) >= 11 is 0. The molecule has 0 aromatic heterocycles. The van der Waals surface area contributed by atoms with Gasteiger partial charge in [-0.2, -0.15) is 0 Å². The molecule has 1 unspecified atom stereocenters. The second-order valence-corrected chi connectivity index (χ2v) is 4.53. The van der Waals surface area contributed by atoms with Crippen LogP contribution in [-0.4, -0.2) is 21.8 Å². The Morgan fingerprint density at radius 3 is 2.00 bits per heavy atom. The molecular weight excluding hydrogens is 168 g/mol. The van der Waals surface area contributed by atoms with Crippen LogP contribution in [0, 0.1) is 5.41 Å². The molecule has 78 valence electrons. The van der Waals surface area contributed by atoms with Gasteiger partial charge in [-0.25, -0.2) is 0 Å². The third-order valence-corrected chi connectivity index (χ3v) is 2.73. The minimum atomic E-state index is -0.870. The van der Waals surface area contributed by atoms with Crippen LogP contribution in [0.1, 0.15) is 47.0 Å². The predicted molar refractivity (Wildman–Crippen MR) is 51.6 cm³/mol. The van der Waals surface area contributed by atoms with Gasteiger partial charge >= 0.3 is 5.97 Å². The smallest absolute Gasteiger partial charge is 0.303 e. The van der Waals surface area contributed by atoms with E-state index in [4.69, 9.17) is 5.11 Å². The van der Waals surface area contributed by atoms with Crippen LogP contribution in [0.5, 0.6) is 0 Å². The Balaban J connectivity index is 4.38. The number of aliphatic carboxylic acids is 1. The van der Waals surface area contributed by atoms with Gasteiger partial charge in [0.05, 0.1) is 5.60 Å². The molecule has 3 heteroatoms. The molecule has 0 aromatic carbocycles. The van der Waals surface area contributed by atoms with Crippen molar-refractivity contribution in [2.24, 2.45) is 5.41 Å². The molecule has 0 fully saturated rings. The van der Waals surface area contributed by atoms with E-state index in [-0.39, 0.29) is 11.8 Å². The van der Waals surface area contributed by atoms with Crippen LogP contribution < -0.4 is 0 Å². The summed E-state index contributed by atoms with van der Waals surface area (Å²) in [7, 11) is 0. The van der Waals surface area contributed by atoms with Gasteiger partial charge in [-0.1, -0.05) is 27.7 Å². The van der Waals surface area contributed by atoms with Gasteiger partial charge in [-0.15, -0.1) is 0 Å². The monoisotopic (exact) mass is 188 g/mol. The first-order valence-electron chi connectivity index (χ1n) is 4.67. The Bertz CT molecular complexity index is 181. The van der Waals surface area contributed by atoms with Crippen LogP contribution in [0.4, 0.5) is 0 Å². The molecule has 0 radical (unpaired) electrons. The molecule has 0 aromatic rings. The summed E-state index contributed by atoms with van der Waals surface area (Å²) in [6.07, 6.45) is 0.938. The summed E-state index contributed by atoms with van der Waals surface area (Å²) in [6.45, 7) is 7.67. The normalized spacial score (nSPS) is 16.7. The van der Waals surface area contributed by atoms with Gasteiger partial charge in [0, 0.05) is 6.42 Å². The molecule has 0 spiro atoms. The lowest BCUT2D eigenvalue weighted by atomic mass is 9.72. The Hall–Kier alpha value is -0.570. The number of carboxylic acid groups (broad SMARTS) is 1. The first-order valence-corrected chi connectivity index (χ1v) is 4.67. The molecule has 0 rings (SSSR count). The highest BCUT2D eigenvalue weighted by molar-refractivity contribution is 5.66. The van der Waals surface area contributed by atoms with E-state index in [1.54, 1.807) is 0 Å². The topological polar surface area (TPSA) is 57.5 Å². The largest absolute Gasteiger partial charge is 0.481 e. The molecule has 1 atom stereocenters.